The highest BCUT2D eigenvalue weighted by molar-refractivity contribution is 5.80. The van der Waals surface area contributed by atoms with Crippen molar-refractivity contribution in [3.05, 3.63) is 0 Å². The van der Waals surface area contributed by atoms with Crippen LogP contribution in [0.25, 0.3) is 0 Å². The zero-order valence-electron chi connectivity index (χ0n) is 10.4. The SMILES string of the molecule is C#CC1CC(C(NC(=O)OC)C(=O)O)CC(C)O1. The van der Waals surface area contributed by atoms with Crippen molar-refractivity contribution in [3.63, 3.8) is 0 Å². The average molecular weight is 255 g/mol. The number of ether oxygens (including phenoxy) is 2. The Balaban J connectivity index is 2.76. The molecule has 6 nitrogen and oxygen atoms in total. The number of rotatable bonds is 3. The number of nitrogens with one attached hydrogen (secondary N) is 1. The van der Waals surface area contributed by atoms with Crippen LogP contribution >= 0.6 is 0 Å². The number of alkyl carbamates (subject to hydrolysis) is 1. The van der Waals surface area contributed by atoms with E-state index in [9.17, 15) is 9.59 Å². The molecule has 1 saturated heterocycles. The minimum atomic E-state index is -1.10. The molecular formula is C12H17NO5. The highest BCUT2D eigenvalue weighted by atomic mass is 16.5. The number of amides is 1. The standard InChI is InChI=1S/C12H17NO5/c1-4-9-6-8(5-7(2)18-9)10(11(14)15)13-12(16)17-3/h1,7-10H,5-6H2,2-3H3,(H,13,16)(H,14,15). The summed E-state index contributed by atoms with van der Waals surface area (Å²) in [4.78, 5) is 22.3. The third kappa shape index (κ3) is 3.64. The van der Waals surface area contributed by atoms with E-state index in [1.165, 1.54) is 7.11 Å². The zero-order valence-corrected chi connectivity index (χ0v) is 10.4. The van der Waals surface area contributed by atoms with Crippen LogP contribution in [0.5, 0.6) is 0 Å². The summed E-state index contributed by atoms with van der Waals surface area (Å²) in [7, 11) is 1.19. The lowest BCUT2D eigenvalue weighted by molar-refractivity contribution is -0.143. The predicted molar refractivity (Wildman–Crippen MR) is 62.9 cm³/mol. The van der Waals surface area contributed by atoms with Gasteiger partial charge in [-0.3, -0.25) is 0 Å². The third-order valence-electron chi connectivity index (χ3n) is 2.93. The summed E-state index contributed by atoms with van der Waals surface area (Å²) in [6.45, 7) is 1.83. The summed E-state index contributed by atoms with van der Waals surface area (Å²) < 4.78 is 9.87. The number of carboxylic acids is 1. The van der Waals surface area contributed by atoms with Crippen molar-refractivity contribution in [2.45, 2.75) is 38.0 Å². The van der Waals surface area contributed by atoms with Crippen LogP contribution in [-0.2, 0) is 14.3 Å². The predicted octanol–water partition coefficient (Wildman–Crippen LogP) is 0.613. The van der Waals surface area contributed by atoms with Gasteiger partial charge >= 0.3 is 12.1 Å². The summed E-state index contributed by atoms with van der Waals surface area (Å²) in [6.07, 6.45) is 4.91. The van der Waals surface area contributed by atoms with E-state index in [1.54, 1.807) is 0 Å². The second-order valence-electron chi connectivity index (χ2n) is 4.29. The van der Waals surface area contributed by atoms with E-state index in [0.717, 1.165) is 0 Å². The van der Waals surface area contributed by atoms with E-state index in [-0.39, 0.29) is 12.0 Å². The third-order valence-corrected chi connectivity index (χ3v) is 2.93. The maximum absolute atomic E-state index is 11.2. The van der Waals surface area contributed by atoms with Gasteiger partial charge in [-0.1, -0.05) is 5.92 Å². The molecule has 0 spiro atoms. The van der Waals surface area contributed by atoms with E-state index >= 15 is 0 Å². The minimum absolute atomic E-state index is 0.133. The highest BCUT2D eigenvalue weighted by Gasteiger charge is 2.36. The molecule has 1 aliphatic heterocycles. The lowest BCUT2D eigenvalue weighted by atomic mass is 9.86. The summed E-state index contributed by atoms with van der Waals surface area (Å²) in [5.41, 5.74) is 0. The van der Waals surface area contributed by atoms with Crippen LogP contribution in [0.2, 0.25) is 0 Å². The van der Waals surface area contributed by atoms with E-state index in [4.69, 9.17) is 16.3 Å². The lowest BCUT2D eigenvalue weighted by Gasteiger charge is -2.34. The van der Waals surface area contributed by atoms with Crippen molar-refractivity contribution < 1.29 is 24.2 Å². The Bertz CT molecular complexity index is 362. The second kappa shape index (κ2) is 6.26. The quantitative estimate of drug-likeness (QED) is 0.722. The molecule has 0 saturated carbocycles. The maximum atomic E-state index is 11.2. The number of carbonyl (C=O) groups is 2. The zero-order chi connectivity index (χ0) is 13.7. The number of aliphatic carboxylic acids is 1. The molecule has 0 aromatic heterocycles. The van der Waals surface area contributed by atoms with Gasteiger partial charge in [-0.15, -0.1) is 6.42 Å². The molecule has 1 aliphatic rings. The van der Waals surface area contributed by atoms with Gasteiger partial charge in [-0.25, -0.2) is 9.59 Å². The Hall–Kier alpha value is -1.74. The first-order chi connectivity index (χ1) is 8.47. The second-order valence-corrected chi connectivity index (χ2v) is 4.29. The molecule has 6 heteroatoms. The summed E-state index contributed by atoms with van der Waals surface area (Å²) in [6, 6.07) is -1.01. The lowest BCUT2D eigenvalue weighted by Crippen LogP contribution is -2.49. The van der Waals surface area contributed by atoms with Crippen LogP contribution in [0, 0.1) is 18.3 Å². The van der Waals surface area contributed by atoms with Crippen LogP contribution in [-0.4, -0.2) is 42.5 Å². The number of carboxylic acid groups (broad SMARTS) is 1. The van der Waals surface area contributed by atoms with Gasteiger partial charge in [-0.2, -0.15) is 0 Å². The smallest absolute Gasteiger partial charge is 0.407 e. The normalized spacial score (nSPS) is 28.8. The Kier molecular flexibility index (Phi) is 4.98. The van der Waals surface area contributed by atoms with Crippen molar-refractivity contribution in [2.24, 2.45) is 5.92 Å². The number of carbonyl (C=O) groups excluding carboxylic acids is 1. The van der Waals surface area contributed by atoms with Crippen molar-refractivity contribution in [1.29, 1.82) is 0 Å². The van der Waals surface area contributed by atoms with Crippen molar-refractivity contribution in [3.8, 4) is 12.3 Å². The first kappa shape index (κ1) is 14.3. The number of hydrogen-bond acceptors (Lipinski definition) is 4. The van der Waals surface area contributed by atoms with Gasteiger partial charge in [0.2, 0.25) is 0 Å². The summed E-state index contributed by atoms with van der Waals surface area (Å²) in [5, 5.41) is 11.5. The number of methoxy groups -OCH3 is 1. The minimum Gasteiger partial charge on any atom is -0.480 e. The van der Waals surface area contributed by atoms with Crippen LogP contribution in [0.3, 0.4) is 0 Å². The van der Waals surface area contributed by atoms with Gasteiger partial charge in [0, 0.05) is 0 Å². The molecule has 100 valence electrons. The fourth-order valence-electron chi connectivity index (χ4n) is 2.14. The van der Waals surface area contributed by atoms with E-state index in [1.807, 2.05) is 6.92 Å². The van der Waals surface area contributed by atoms with Gasteiger partial charge in [0.15, 0.2) is 0 Å². The van der Waals surface area contributed by atoms with Crippen molar-refractivity contribution in [2.75, 3.05) is 7.11 Å². The molecule has 2 N–H and O–H groups in total. The van der Waals surface area contributed by atoms with Crippen LogP contribution in [0.4, 0.5) is 4.79 Å². The number of terminal acetylenes is 1. The first-order valence-corrected chi connectivity index (χ1v) is 5.66. The molecular weight excluding hydrogens is 238 g/mol. The largest absolute Gasteiger partial charge is 0.480 e. The van der Waals surface area contributed by atoms with Crippen molar-refractivity contribution >= 4 is 12.1 Å². The molecule has 18 heavy (non-hydrogen) atoms. The van der Waals surface area contributed by atoms with Gasteiger partial charge < -0.3 is 19.9 Å². The fourth-order valence-corrected chi connectivity index (χ4v) is 2.14. The molecule has 0 radical (unpaired) electrons. The Labute approximate surface area is 106 Å². The van der Waals surface area contributed by atoms with Crippen molar-refractivity contribution in [1.82, 2.24) is 5.32 Å². The topological polar surface area (TPSA) is 84.9 Å². The Morgan fingerprint density at radius 1 is 1.56 bits per heavy atom. The molecule has 4 unspecified atom stereocenters. The summed E-state index contributed by atoms with van der Waals surface area (Å²) in [5.74, 6) is 1.09. The van der Waals surface area contributed by atoms with E-state index in [2.05, 4.69) is 16.0 Å². The number of hydrogen-bond donors (Lipinski definition) is 2. The first-order valence-electron chi connectivity index (χ1n) is 5.66. The summed E-state index contributed by atoms with van der Waals surface area (Å²) >= 11 is 0. The maximum Gasteiger partial charge on any atom is 0.407 e. The van der Waals surface area contributed by atoms with Crippen LogP contribution in [0.1, 0.15) is 19.8 Å². The van der Waals surface area contributed by atoms with Gasteiger partial charge in [0.25, 0.3) is 0 Å². The Morgan fingerprint density at radius 2 is 2.22 bits per heavy atom. The molecule has 0 aliphatic carbocycles. The van der Waals surface area contributed by atoms with Gasteiger partial charge in [-0.05, 0) is 25.7 Å². The molecule has 1 rings (SSSR count). The highest BCUT2D eigenvalue weighted by Crippen LogP contribution is 2.27. The van der Waals surface area contributed by atoms with Gasteiger partial charge in [0.1, 0.15) is 12.1 Å². The molecule has 0 aromatic carbocycles. The molecule has 1 fully saturated rings. The molecule has 4 atom stereocenters. The Morgan fingerprint density at radius 3 is 2.72 bits per heavy atom. The fraction of sp³-hybridized carbons (Fsp3) is 0.667. The van der Waals surface area contributed by atoms with Crippen LogP contribution < -0.4 is 5.32 Å². The average Bonchev–Trinajstić information content (AvgIpc) is 2.34. The molecule has 0 aromatic rings. The van der Waals surface area contributed by atoms with E-state index < -0.39 is 24.2 Å². The van der Waals surface area contributed by atoms with Crippen LogP contribution in [0.15, 0.2) is 0 Å². The van der Waals surface area contributed by atoms with Gasteiger partial charge in [0.05, 0.1) is 13.2 Å². The monoisotopic (exact) mass is 255 g/mol. The van der Waals surface area contributed by atoms with E-state index in [0.29, 0.717) is 12.8 Å². The molecule has 1 amide bonds. The molecule has 1 heterocycles. The molecule has 0 bridgehead atoms.